The highest BCUT2D eigenvalue weighted by Crippen LogP contribution is 2.16. The van der Waals surface area contributed by atoms with Gasteiger partial charge >= 0.3 is 0 Å². The predicted octanol–water partition coefficient (Wildman–Crippen LogP) is 10.5. The molecule has 8 heteroatoms. The van der Waals surface area contributed by atoms with Gasteiger partial charge in [-0.2, -0.15) is 0 Å². The number of hydrogen-bond donors (Lipinski definition) is 0. The minimum Gasteiger partial charge on any atom is -0.492 e. The number of hydrogen-bond acceptors (Lipinski definition) is 8. The molecule has 0 amide bonds. The van der Waals surface area contributed by atoms with E-state index in [9.17, 15) is 0 Å². The van der Waals surface area contributed by atoms with Crippen LogP contribution in [0.3, 0.4) is 0 Å². The van der Waals surface area contributed by atoms with E-state index in [2.05, 4.69) is 108 Å². The molecule has 8 nitrogen and oxygen atoms in total. The van der Waals surface area contributed by atoms with E-state index in [4.69, 9.17) is 18.9 Å². The summed E-state index contributed by atoms with van der Waals surface area (Å²) in [6, 6.07) is 33.0. The van der Waals surface area contributed by atoms with Crippen molar-refractivity contribution in [2.45, 2.75) is 85.5 Å². The van der Waals surface area contributed by atoms with Crippen LogP contribution in [0.5, 0.6) is 23.0 Å². The summed E-state index contributed by atoms with van der Waals surface area (Å²) in [5, 5.41) is 0. The zero-order valence-electron chi connectivity index (χ0n) is 38.9. The molecule has 0 aromatic heterocycles. The van der Waals surface area contributed by atoms with E-state index >= 15 is 0 Å². The highest BCUT2D eigenvalue weighted by atomic mass is 16.5. The normalized spacial score (nSPS) is 15.9. The standard InChI is InChI=1S/C15H23NO.C14H21NO.C13H19NO.C11H17NO/c1-14-6-8-15(9-7-14)17-13-12-16-10-4-2-3-5-11-16;1-13-5-7-14(8-6-13)16-12-11-15-9-3-2-4-10-15;1-12-4-6-13(7-5-12)15-11-10-14-8-2-3-9-14;1-10-4-6-11(7-5-10)13-9-8-12(2)3/h6-9H,2-5,10-13H2,1H3;5-8H,2-4,9-12H2,1H3;4-7H,2-3,8-11H2,1H3;4-7H,8-9H2,1-3H3. The lowest BCUT2D eigenvalue weighted by Crippen LogP contribution is -2.33. The largest absolute Gasteiger partial charge is 0.492 e. The van der Waals surface area contributed by atoms with Gasteiger partial charge in [-0.15, -0.1) is 0 Å². The summed E-state index contributed by atoms with van der Waals surface area (Å²) in [5.74, 6) is 3.92. The maximum Gasteiger partial charge on any atom is 0.119 e. The molecule has 0 atom stereocenters. The van der Waals surface area contributed by atoms with Crippen LogP contribution in [0, 0.1) is 27.7 Å². The molecule has 336 valence electrons. The Balaban J connectivity index is 0.000000180. The average molecular weight is 837 g/mol. The average Bonchev–Trinajstić information content (AvgIpc) is 3.66. The molecule has 0 unspecified atom stereocenters. The Kier molecular flexibility index (Phi) is 24.4. The molecule has 0 aliphatic carbocycles. The van der Waals surface area contributed by atoms with Crippen molar-refractivity contribution >= 4 is 0 Å². The van der Waals surface area contributed by atoms with Gasteiger partial charge in [-0.05, 0) is 168 Å². The Hall–Kier alpha value is -4.08. The number of likely N-dealkylation sites (tertiary alicyclic amines) is 3. The van der Waals surface area contributed by atoms with Gasteiger partial charge in [-0.1, -0.05) is 90.0 Å². The molecule has 0 N–H and O–H groups in total. The molecule has 4 aromatic carbocycles. The van der Waals surface area contributed by atoms with Gasteiger partial charge in [0.15, 0.2) is 0 Å². The predicted molar refractivity (Wildman–Crippen MR) is 256 cm³/mol. The van der Waals surface area contributed by atoms with Crippen LogP contribution in [0.25, 0.3) is 0 Å². The Morgan fingerprint density at radius 3 is 0.836 bits per heavy atom. The molecule has 61 heavy (non-hydrogen) atoms. The summed E-state index contributed by atoms with van der Waals surface area (Å²) in [7, 11) is 4.08. The van der Waals surface area contributed by atoms with Gasteiger partial charge < -0.3 is 23.8 Å². The van der Waals surface area contributed by atoms with Crippen molar-refractivity contribution in [1.29, 1.82) is 0 Å². The molecular weight excluding hydrogens is 757 g/mol. The number of piperidine rings is 1. The van der Waals surface area contributed by atoms with Gasteiger partial charge in [0.1, 0.15) is 49.4 Å². The molecule has 4 aromatic rings. The van der Waals surface area contributed by atoms with E-state index in [0.717, 1.165) is 75.6 Å². The Labute approximate surface area is 371 Å². The number of ether oxygens (including phenoxy) is 4. The van der Waals surface area contributed by atoms with Crippen molar-refractivity contribution in [2.24, 2.45) is 0 Å². The SMILES string of the molecule is Cc1ccc(OCCN(C)C)cc1.Cc1ccc(OCCN2CCCC2)cc1.Cc1ccc(OCCN2CCCCC2)cc1.Cc1ccc(OCCN2CCCCCC2)cc1. The summed E-state index contributed by atoms with van der Waals surface area (Å²) < 4.78 is 22.7. The lowest BCUT2D eigenvalue weighted by atomic mass is 10.1. The van der Waals surface area contributed by atoms with Gasteiger partial charge in [0.2, 0.25) is 0 Å². The molecule has 0 radical (unpaired) electrons. The van der Waals surface area contributed by atoms with E-state index in [-0.39, 0.29) is 0 Å². The minimum absolute atomic E-state index is 0.746. The monoisotopic (exact) mass is 837 g/mol. The van der Waals surface area contributed by atoms with Crippen LogP contribution in [0.2, 0.25) is 0 Å². The molecule has 3 heterocycles. The first-order valence-corrected chi connectivity index (χ1v) is 23.3. The third kappa shape index (κ3) is 23.1. The zero-order valence-corrected chi connectivity index (χ0v) is 38.9. The first-order chi connectivity index (χ1) is 29.7. The second-order valence-corrected chi connectivity index (χ2v) is 17.2. The van der Waals surface area contributed by atoms with Crippen molar-refractivity contribution in [2.75, 3.05) is 106 Å². The quantitative estimate of drug-likeness (QED) is 0.111. The number of benzene rings is 4. The highest BCUT2D eigenvalue weighted by molar-refractivity contribution is 5.28. The molecule has 3 aliphatic rings. The molecule has 0 spiro atoms. The lowest BCUT2D eigenvalue weighted by molar-refractivity contribution is 0.183. The fourth-order valence-corrected chi connectivity index (χ4v) is 7.31. The van der Waals surface area contributed by atoms with Crippen LogP contribution in [0.15, 0.2) is 97.1 Å². The summed E-state index contributed by atoms with van der Waals surface area (Å²) in [4.78, 5) is 9.60. The van der Waals surface area contributed by atoms with E-state index in [1.54, 1.807) is 0 Å². The van der Waals surface area contributed by atoms with Gasteiger partial charge in [0.05, 0.1) is 0 Å². The van der Waals surface area contributed by atoms with E-state index in [1.165, 1.54) is 119 Å². The van der Waals surface area contributed by atoms with Gasteiger partial charge in [-0.25, -0.2) is 0 Å². The van der Waals surface area contributed by atoms with E-state index in [0.29, 0.717) is 0 Å². The van der Waals surface area contributed by atoms with E-state index in [1.807, 2.05) is 50.5 Å². The minimum atomic E-state index is 0.746. The smallest absolute Gasteiger partial charge is 0.119 e. The maximum atomic E-state index is 5.76. The van der Waals surface area contributed by atoms with Crippen molar-refractivity contribution in [3.63, 3.8) is 0 Å². The fraction of sp³-hybridized carbons (Fsp3) is 0.547. The van der Waals surface area contributed by atoms with Crippen molar-refractivity contribution < 1.29 is 18.9 Å². The van der Waals surface area contributed by atoms with Gasteiger partial charge in [-0.3, -0.25) is 14.7 Å². The van der Waals surface area contributed by atoms with Crippen LogP contribution in [0.4, 0.5) is 0 Å². The van der Waals surface area contributed by atoms with Gasteiger partial charge in [0.25, 0.3) is 0 Å². The maximum absolute atomic E-state index is 5.76. The van der Waals surface area contributed by atoms with E-state index < -0.39 is 0 Å². The second kappa shape index (κ2) is 30.0. The van der Waals surface area contributed by atoms with Crippen LogP contribution >= 0.6 is 0 Å². The highest BCUT2D eigenvalue weighted by Gasteiger charge is 2.11. The number of aryl methyl sites for hydroxylation is 4. The Bertz CT molecular complexity index is 1640. The number of nitrogens with zero attached hydrogens (tertiary/aromatic N) is 4. The van der Waals surface area contributed by atoms with Crippen molar-refractivity contribution in [3.8, 4) is 23.0 Å². The second-order valence-electron chi connectivity index (χ2n) is 17.2. The number of likely N-dealkylation sites (N-methyl/N-ethyl adjacent to an activating group) is 1. The first kappa shape index (κ1) is 49.6. The van der Waals surface area contributed by atoms with Crippen LogP contribution in [-0.2, 0) is 0 Å². The fourth-order valence-electron chi connectivity index (χ4n) is 7.31. The molecular formula is C53H80N4O4. The third-order valence-corrected chi connectivity index (χ3v) is 11.3. The summed E-state index contributed by atoms with van der Waals surface area (Å²) in [6.07, 6.45) is 12.3. The summed E-state index contributed by atoms with van der Waals surface area (Å²) in [5.41, 5.74) is 5.11. The third-order valence-electron chi connectivity index (χ3n) is 11.3. The van der Waals surface area contributed by atoms with Crippen molar-refractivity contribution in [1.82, 2.24) is 19.6 Å². The Morgan fingerprint density at radius 1 is 0.344 bits per heavy atom. The van der Waals surface area contributed by atoms with Crippen LogP contribution < -0.4 is 18.9 Å². The van der Waals surface area contributed by atoms with Crippen molar-refractivity contribution in [3.05, 3.63) is 119 Å². The lowest BCUT2D eigenvalue weighted by Gasteiger charge is -2.26. The molecule has 0 saturated carbocycles. The Morgan fingerprint density at radius 2 is 0.574 bits per heavy atom. The topological polar surface area (TPSA) is 49.9 Å². The molecule has 3 saturated heterocycles. The van der Waals surface area contributed by atoms with Crippen LogP contribution in [0.1, 0.15) is 80.0 Å². The zero-order chi connectivity index (χ0) is 43.3. The molecule has 3 aliphatic heterocycles. The molecule has 7 rings (SSSR count). The number of rotatable bonds is 16. The van der Waals surface area contributed by atoms with Gasteiger partial charge in [0, 0.05) is 26.2 Å². The summed E-state index contributed by atoms with van der Waals surface area (Å²) >= 11 is 0. The molecule has 0 bridgehead atoms. The summed E-state index contributed by atoms with van der Waals surface area (Å²) in [6.45, 7) is 23.2. The first-order valence-electron chi connectivity index (χ1n) is 23.3. The van der Waals surface area contributed by atoms with Crippen LogP contribution in [-0.4, -0.2) is 126 Å². The molecule has 3 fully saturated rings.